The van der Waals surface area contributed by atoms with Gasteiger partial charge in [0.15, 0.2) is 0 Å². The van der Waals surface area contributed by atoms with E-state index < -0.39 is 11.7 Å². The lowest BCUT2D eigenvalue weighted by Crippen LogP contribution is -2.45. The first-order valence-electron chi connectivity index (χ1n) is 6.86. The van der Waals surface area contributed by atoms with Crippen LogP contribution < -0.4 is 5.32 Å². The van der Waals surface area contributed by atoms with Crippen LogP contribution in [-0.2, 0) is 6.18 Å². The van der Waals surface area contributed by atoms with Gasteiger partial charge in [0.05, 0.1) is 10.6 Å². The van der Waals surface area contributed by atoms with Crippen LogP contribution in [0.2, 0.25) is 5.02 Å². The first-order valence-corrected chi connectivity index (χ1v) is 7.23. The fourth-order valence-electron chi connectivity index (χ4n) is 2.62. The number of rotatable bonds is 4. The van der Waals surface area contributed by atoms with Crippen molar-refractivity contribution in [2.75, 3.05) is 26.2 Å². The van der Waals surface area contributed by atoms with Crippen molar-refractivity contribution in [3.8, 4) is 0 Å². The molecule has 1 N–H and O–H groups in total. The Kier molecular flexibility index (Phi) is 9.55. The van der Waals surface area contributed by atoms with Crippen molar-refractivity contribution in [3.63, 3.8) is 0 Å². The summed E-state index contributed by atoms with van der Waals surface area (Å²) in [6.07, 6.45) is -1.95. The molecule has 0 bridgehead atoms. The third kappa shape index (κ3) is 5.84. The number of nitrogens with one attached hydrogen (secondary N) is 1. The first kappa shape index (κ1) is 22.5. The Hall–Kier alpha value is -0.460. The number of alkyl halides is 3. The molecule has 1 aliphatic heterocycles. The van der Waals surface area contributed by atoms with Crippen LogP contribution in [0.5, 0.6) is 0 Å². The van der Waals surface area contributed by atoms with E-state index in [-0.39, 0.29) is 35.9 Å². The third-order valence-corrected chi connectivity index (χ3v) is 3.98. The quantitative estimate of drug-likeness (QED) is 0.747. The van der Waals surface area contributed by atoms with Gasteiger partial charge in [0, 0.05) is 32.2 Å². The van der Waals surface area contributed by atoms with Gasteiger partial charge in [-0.25, -0.2) is 0 Å². The lowest BCUT2D eigenvalue weighted by atomic mass is 9.99. The Morgan fingerprint density at radius 2 is 1.87 bits per heavy atom. The molecule has 0 amide bonds. The Bertz CT molecular complexity index is 503. The average Bonchev–Trinajstić information content (AvgIpc) is 2.44. The van der Waals surface area contributed by atoms with Crippen LogP contribution in [0, 0.1) is 0 Å². The number of hydrogen-bond acceptors (Lipinski definition) is 2. The van der Waals surface area contributed by atoms with Gasteiger partial charge in [-0.05, 0) is 24.1 Å². The number of piperazine rings is 1. The number of benzene rings is 1. The first-order chi connectivity index (χ1) is 9.93. The second kappa shape index (κ2) is 9.74. The molecule has 1 aromatic carbocycles. The highest BCUT2D eigenvalue weighted by molar-refractivity contribution is 6.31. The summed E-state index contributed by atoms with van der Waals surface area (Å²) in [5.74, 6) is 0. The fourth-order valence-corrected chi connectivity index (χ4v) is 2.91. The van der Waals surface area contributed by atoms with Crippen LogP contribution in [0.25, 0.3) is 0 Å². The van der Waals surface area contributed by atoms with Crippen molar-refractivity contribution in [2.45, 2.75) is 18.6 Å². The van der Waals surface area contributed by atoms with Gasteiger partial charge >= 0.3 is 6.18 Å². The smallest absolute Gasteiger partial charge is 0.314 e. The summed E-state index contributed by atoms with van der Waals surface area (Å²) in [7, 11) is 0. The maximum absolute atomic E-state index is 12.8. The monoisotopic (exact) mass is 390 g/mol. The van der Waals surface area contributed by atoms with E-state index in [1.54, 1.807) is 6.08 Å². The molecular weight excluding hydrogens is 372 g/mol. The van der Waals surface area contributed by atoms with Crippen molar-refractivity contribution in [3.05, 3.63) is 47.0 Å². The summed E-state index contributed by atoms with van der Waals surface area (Å²) in [6, 6.07) is 4.03. The third-order valence-electron chi connectivity index (χ3n) is 3.67. The average molecular weight is 392 g/mol. The molecule has 1 heterocycles. The highest BCUT2D eigenvalue weighted by Crippen LogP contribution is 2.37. The predicted octanol–water partition coefficient (Wildman–Crippen LogP) is 4.72. The van der Waals surface area contributed by atoms with Crippen LogP contribution in [0.4, 0.5) is 13.2 Å². The molecule has 1 fully saturated rings. The van der Waals surface area contributed by atoms with Crippen molar-refractivity contribution >= 4 is 36.4 Å². The number of halogens is 6. The van der Waals surface area contributed by atoms with E-state index in [2.05, 4.69) is 16.8 Å². The van der Waals surface area contributed by atoms with Gasteiger partial charge in [-0.2, -0.15) is 13.2 Å². The molecule has 1 aliphatic rings. The molecule has 0 spiro atoms. The SMILES string of the molecule is C=CC[C@H](c1ccc(C(F)(F)F)c(Cl)c1)N1CCNCC1.Cl.Cl. The molecule has 0 unspecified atom stereocenters. The van der Waals surface area contributed by atoms with Crippen molar-refractivity contribution < 1.29 is 13.2 Å². The topological polar surface area (TPSA) is 15.3 Å². The second-order valence-electron chi connectivity index (χ2n) is 5.06. The van der Waals surface area contributed by atoms with Gasteiger partial charge in [0.1, 0.15) is 0 Å². The minimum atomic E-state index is -4.42. The summed E-state index contributed by atoms with van der Waals surface area (Å²) >= 11 is 5.82. The molecular formula is C15H20Cl3F3N2. The minimum Gasteiger partial charge on any atom is -0.314 e. The molecule has 0 aromatic heterocycles. The molecule has 8 heteroatoms. The molecule has 1 aromatic rings. The van der Waals surface area contributed by atoms with E-state index in [0.717, 1.165) is 37.8 Å². The lowest BCUT2D eigenvalue weighted by Gasteiger charge is -2.35. The maximum atomic E-state index is 12.8. The molecule has 1 atom stereocenters. The minimum absolute atomic E-state index is 0. The van der Waals surface area contributed by atoms with E-state index >= 15 is 0 Å². The summed E-state index contributed by atoms with van der Waals surface area (Å²) < 4.78 is 38.3. The van der Waals surface area contributed by atoms with Crippen LogP contribution >= 0.6 is 36.4 Å². The summed E-state index contributed by atoms with van der Waals surface area (Å²) in [6.45, 7) is 7.22. The number of nitrogens with zero attached hydrogens (tertiary/aromatic N) is 1. The zero-order valence-electron chi connectivity index (χ0n) is 12.4. The molecule has 23 heavy (non-hydrogen) atoms. The fraction of sp³-hybridized carbons (Fsp3) is 0.467. The molecule has 0 radical (unpaired) electrons. The molecule has 2 rings (SSSR count). The summed E-state index contributed by atoms with van der Waals surface area (Å²) in [5, 5.41) is 3.02. The molecule has 1 saturated heterocycles. The van der Waals surface area contributed by atoms with E-state index in [0.29, 0.717) is 6.42 Å². The zero-order chi connectivity index (χ0) is 15.5. The standard InChI is InChI=1S/C15H18ClF3N2.2ClH/c1-2-3-14(21-8-6-20-7-9-21)11-4-5-12(13(16)10-11)15(17,18)19;;/h2,4-5,10,14,20H,1,3,6-9H2;2*1H/t14-;;/m1../s1. The van der Waals surface area contributed by atoms with Gasteiger partial charge < -0.3 is 5.32 Å². The molecule has 0 saturated carbocycles. The van der Waals surface area contributed by atoms with E-state index in [1.807, 2.05) is 0 Å². The highest BCUT2D eigenvalue weighted by atomic mass is 35.5. The maximum Gasteiger partial charge on any atom is 0.417 e. The second-order valence-corrected chi connectivity index (χ2v) is 5.47. The van der Waals surface area contributed by atoms with Gasteiger partial charge in [-0.3, -0.25) is 4.90 Å². The Morgan fingerprint density at radius 1 is 1.26 bits per heavy atom. The molecule has 2 nitrogen and oxygen atoms in total. The highest BCUT2D eigenvalue weighted by Gasteiger charge is 2.33. The normalized spacial score (nSPS) is 16.9. The molecule has 0 aliphatic carbocycles. The van der Waals surface area contributed by atoms with E-state index in [1.165, 1.54) is 12.1 Å². The van der Waals surface area contributed by atoms with Gasteiger partial charge in [-0.15, -0.1) is 31.4 Å². The molecule has 132 valence electrons. The number of hydrogen-bond donors (Lipinski definition) is 1. The lowest BCUT2D eigenvalue weighted by molar-refractivity contribution is -0.137. The summed E-state index contributed by atoms with van der Waals surface area (Å²) in [4.78, 5) is 2.25. The summed E-state index contributed by atoms with van der Waals surface area (Å²) in [5.41, 5.74) is 0.0142. The van der Waals surface area contributed by atoms with Crippen molar-refractivity contribution in [2.24, 2.45) is 0 Å². The van der Waals surface area contributed by atoms with Crippen molar-refractivity contribution in [1.82, 2.24) is 10.2 Å². The van der Waals surface area contributed by atoms with Gasteiger partial charge in [-0.1, -0.05) is 23.7 Å². The Morgan fingerprint density at radius 3 is 2.35 bits per heavy atom. The van der Waals surface area contributed by atoms with Crippen LogP contribution in [0.15, 0.2) is 30.9 Å². The van der Waals surface area contributed by atoms with Gasteiger partial charge in [0.2, 0.25) is 0 Å². The van der Waals surface area contributed by atoms with Crippen molar-refractivity contribution in [1.29, 1.82) is 0 Å². The van der Waals surface area contributed by atoms with Crippen LogP contribution in [-0.4, -0.2) is 31.1 Å². The Labute approximate surface area is 151 Å². The van der Waals surface area contributed by atoms with E-state index in [9.17, 15) is 13.2 Å². The zero-order valence-corrected chi connectivity index (χ0v) is 14.8. The Balaban J connectivity index is 0.00000242. The predicted molar refractivity (Wildman–Crippen MR) is 92.9 cm³/mol. The largest absolute Gasteiger partial charge is 0.417 e. The van der Waals surface area contributed by atoms with E-state index in [4.69, 9.17) is 11.6 Å². The van der Waals surface area contributed by atoms with Crippen LogP contribution in [0.3, 0.4) is 0 Å². The van der Waals surface area contributed by atoms with Crippen LogP contribution in [0.1, 0.15) is 23.6 Å². The van der Waals surface area contributed by atoms with Gasteiger partial charge in [0.25, 0.3) is 0 Å².